The Labute approximate surface area is 207 Å². The van der Waals surface area contributed by atoms with E-state index in [1.54, 1.807) is 23.1 Å². The van der Waals surface area contributed by atoms with Crippen LogP contribution in [0.15, 0.2) is 85.5 Å². The quantitative estimate of drug-likeness (QED) is 0.327. The van der Waals surface area contributed by atoms with Crippen LogP contribution in [0, 0.1) is 0 Å². The zero-order valence-electron chi connectivity index (χ0n) is 19.8. The van der Waals surface area contributed by atoms with E-state index < -0.39 is 0 Å². The fourth-order valence-corrected chi connectivity index (χ4v) is 3.95. The summed E-state index contributed by atoms with van der Waals surface area (Å²) >= 11 is 0. The fraction of sp³-hybridized carbons (Fsp3) is 0.148. The first-order chi connectivity index (χ1) is 17.6. The lowest BCUT2D eigenvalue weighted by Crippen LogP contribution is -2.25. The van der Waals surface area contributed by atoms with Gasteiger partial charge >= 0.3 is 0 Å². The van der Waals surface area contributed by atoms with Gasteiger partial charge in [0.1, 0.15) is 0 Å². The highest BCUT2D eigenvalue weighted by Crippen LogP contribution is 2.27. The van der Waals surface area contributed by atoms with Crippen LogP contribution < -0.4 is 10.6 Å². The molecule has 9 nitrogen and oxygen atoms in total. The molecular formula is C27H25N7O2. The monoisotopic (exact) mass is 479 g/mol. The topological polar surface area (TPSA) is 106 Å². The number of anilines is 1. The molecule has 180 valence electrons. The number of hydrogen-bond donors (Lipinski definition) is 2. The van der Waals surface area contributed by atoms with Crippen molar-refractivity contribution in [3.05, 3.63) is 91.1 Å². The minimum atomic E-state index is -0.251. The number of fused-ring (bicyclic) bond motifs is 1. The summed E-state index contributed by atoms with van der Waals surface area (Å²) in [5.74, 6) is -0.382. The maximum atomic E-state index is 12.9. The summed E-state index contributed by atoms with van der Waals surface area (Å²) in [6.07, 6.45) is 6.16. The number of benzene rings is 2. The predicted octanol–water partition coefficient (Wildman–Crippen LogP) is 4.04. The van der Waals surface area contributed by atoms with Gasteiger partial charge in [-0.25, -0.2) is 14.5 Å². The van der Waals surface area contributed by atoms with Crippen molar-refractivity contribution in [2.24, 2.45) is 0 Å². The molecule has 0 spiro atoms. The van der Waals surface area contributed by atoms with Gasteiger partial charge in [0.25, 0.3) is 5.91 Å². The van der Waals surface area contributed by atoms with Crippen molar-refractivity contribution in [1.29, 1.82) is 0 Å². The third-order valence-corrected chi connectivity index (χ3v) is 5.67. The Morgan fingerprint density at radius 1 is 0.972 bits per heavy atom. The summed E-state index contributed by atoms with van der Waals surface area (Å²) in [5, 5.41) is 10.3. The van der Waals surface area contributed by atoms with Gasteiger partial charge in [-0.1, -0.05) is 42.5 Å². The third kappa shape index (κ3) is 5.15. The van der Waals surface area contributed by atoms with Gasteiger partial charge in [0.05, 0.1) is 17.7 Å². The molecule has 0 bridgehead atoms. The Balaban J connectivity index is 1.45. The van der Waals surface area contributed by atoms with E-state index in [2.05, 4.69) is 20.7 Å². The Bertz CT molecular complexity index is 1490. The average molecular weight is 480 g/mol. The molecule has 2 N–H and O–H groups in total. The maximum Gasteiger partial charge on any atom is 0.271 e. The first-order valence-electron chi connectivity index (χ1n) is 11.6. The van der Waals surface area contributed by atoms with E-state index in [0.717, 1.165) is 35.5 Å². The highest BCUT2D eigenvalue weighted by Gasteiger charge is 2.16. The normalized spacial score (nSPS) is 10.9. The average Bonchev–Trinajstić information content (AvgIpc) is 3.57. The van der Waals surface area contributed by atoms with E-state index >= 15 is 0 Å². The number of imidazole rings is 1. The molecule has 36 heavy (non-hydrogen) atoms. The lowest BCUT2D eigenvalue weighted by Gasteiger charge is -2.10. The van der Waals surface area contributed by atoms with E-state index in [1.165, 1.54) is 6.92 Å². The number of amides is 2. The predicted molar refractivity (Wildman–Crippen MR) is 137 cm³/mol. The molecule has 2 aromatic carbocycles. The number of nitrogens with zero attached hydrogens (tertiary/aromatic N) is 5. The zero-order valence-corrected chi connectivity index (χ0v) is 19.8. The summed E-state index contributed by atoms with van der Waals surface area (Å²) in [6, 6.07) is 21.0. The molecule has 0 fully saturated rings. The molecule has 9 heteroatoms. The Kier molecular flexibility index (Phi) is 6.53. The van der Waals surface area contributed by atoms with Crippen molar-refractivity contribution in [1.82, 2.24) is 29.5 Å². The molecule has 0 aliphatic heterocycles. The van der Waals surface area contributed by atoms with Crippen molar-refractivity contribution in [2.45, 2.75) is 19.9 Å². The number of carbonyl (C=O) groups excluding carboxylic acids is 2. The summed E-state index contributed by atoms with van der Waals surface area (Å²) in [6.45, 7) is 2.76. The van der Waals surface area contributed by atoms with E-state index in [0.29, 0.717) is 23.6 Å². The number of nitrogens with one attached hydrogen (secondary N) is 2. The van der Waals surface area contributed by atoms with E-state index in [4.69, 9.17) is 4.98 Å². The van der Waals surface area contributed by atoms with Crippen molar-refractivity contribution in [2.75, 3.05) is 11.9 Å². The summed E-state index contributed by atoms with van der Waals surface area (Å²) < 4.78 is 3.65. The number of rotatable bonds is 8. The van der Waals surface area contributed by atoms with Crippen LogP contribution >= 0.6 is 0 Å². The van der Waals surface area contributed by atoms with Crippen LogP contribution in [-0.4, -0.2) is 42.5 Å². The number of carbonyl (C=O) groups is 2. The van der Waals surface area contributed by atoms with Crippen LogP contribution in [0.25, 0.3) is 28.2 Å². The SMILES string of the molecule is CC(=O)Nc1ccc(-c2cc(-c3ccccc3)nc3cc(C(=O)NCCCn4ccnc4)nn23)cc1. The second-order valence-corrected chi connectivity index (χ2v) is 8.36. The fourth-order valence-electron chi connectivity index (χ4n) is 3.95. The second-order valence-electron chi connectivity index (χ2n) is 8.36. The third-order valence-electron chi connectivity index (χ3n) is 5.67. The van der Waals surface area contributed by atoms with Gasteiger partial charge < -0.3 is 15.2 Å². The van der Waals surface area contributed by atoms with E-state index in [1.807, 2.05) is 71.4 Å². The molecule has 0 saturated heterocycles. The minimum Gasteiger partial charge on any atom is -0.351 e. The Morgan fingerprint density at radius 3 is 2.50 bits per heavy atom. The van der Waals surface area contributed by atoms with Crippen LogP contribution in [-0.2, 0) is 11.3 Å². The lowest BCUT2D eigenvalue weighted by atomic mass is 10.1. The minimum absolute atomic E-state index is 0.131. The summed E-state index contributed by atoms with van der Waals surface area (Å²) in [4.78, 5) is 33.0. The number of aromatic nitrogens is 5. The first-order valence-corrected chi connectivity index (χ1v) is 11.6. The molecule has 0 aliphatic carbocycles. The van der Waals surface area contributed by atoms with Crippen LogP contribution in [0.1, 0.15) is 23.8 Å². The van der Waals surface area contributed by atoms with E-state index in [-0.39, 0.29) is 11.8 Å². The Hall–Kier alpha value is -4.79. The molecule has 0 saturated carbocycles. The van der Waals surface area contributed by atoms with Gasteiger partial charge in [-0.3, -0.25) is 9.59 Å². The highest BCUT2D eigenvalue weighted by atomic mass is 16.2. The van der Waals surface area contributed by atoms with Crippen molar-refractivity contribution < 1.29 is 9.59 Å². The van der Waals surface area contributed by atoms with Crippen molar-refractivity contribution in [3.8, 4) is 22.5 Å². The molecule has 3 aromatic heterocycles. The number of aryl methyl sites for hydroxylation is 1. The molecule has 3 heterocycles. The highest BCUT2D eigenvalue weighted by molar-refractivity contribution is 5.93. The largest absolute Gasteiger partial charge is 0.351 e. The molecule has 2 amide bonds. The molecule has 5 aromatic rings. The standard InChI is InChI=1S/C27H25N7O2/c1-19(35)30-22-10-8-21(9-11-22)25-16-23(20-6-3-2-4-7-20)31-26-17-24(32-34(25)26)27(36)29-12-5-14-33-15-13-28-18-33/h2-4,6-11,13,15-18H,5,12,14H2,1H3,(H,29,36)(H,30,35). The van der Waals surface area contributed by atoms with Gasteiger partial charge in [-0.15, -0.1) is 0 Å². The van der Waals surface area contributed by atoms with Crippen LogP contribution in [0.3, 0.4) is 0 Å². The molecule has 0 unspecified atom stereocenters. The van der Waals surface area contributed by atoms with Gasteiger partial charge in [0.15, 0.2) is 11.3 Å². The van der Waals surface area contributed by atoms with Gasteiger partial charge in [-0.2, -0.15) is 5.10 Å². The number of hydrogen-bond acceptors (Lipinski definition) is 5. The molecule has 0 atom stereocenters. The molecule has 0 radical (unpaired) electrons. The summed E-state index contributed by atoms with van der Waals surface area (Å²) in [5.41, 5.74) is 4.97. The molecular weight excluding hydrogens is 454 g/mol. The van der Waals surface area contributed by atoms with Crippen molar-refractivity contribution >= 4 is 23.1 Å². The Morgan fingerprint density at radius 2 is 1.78 bits per heavy atom. The maximum absolute atomic E-state index is 12.9. The van der Waals surface area contributed by atoms with Crippen molar-refractivity contribution in [3.63, 3.8) is 0 Å². The lowest BCUT2D eigenvalue weighted by molar-refractivity contribution is -0.114. The van der Waals surface area contributed by atoms with Crippen LogP contribution in [0.2, 0.25) is 0 Å². The van der Waals surface area contributed by atoms with Crippen LogP contribution in [0.4, 0.5) is 5.69 Å². The second kappa shape index (κ2) is 10.2. The first kappa shape index (κ1) is 23.0. The molecule has 5 rings (SSSR count). The zero-order chi connectivity index (χ0) is 24.9. The van der Waals surface area contributed by atoms with Crippen LogP contribution in [0.5, 0.6) is 0 Å². The van der Waals surface area contributed by atoms with E-state index in [9.17, 15) is 9.59 Å². The van der Waals surface area contributed by atoms with Gasteiger partial charge in [0, 0.05) is 55.3 Å². The van der Waals surface area contributed by atoms with Gasteiger partial charge in [0.2, 0.25) is 5.91 Å². The summed E-state index contributed by atoms with van der Waals surface area (Å²) in [7, 11) is 0. The molecule has 0 aliphatic rings. The van der Waals surface area contributed by atoms with Gasteiger partial charge in [-0.05, 0) is 24.6 Å². The smallest absolute Gasteiger partial charge is 0.271 e.